The van der Waals surface area contributed by atoms with Crippen LogP contribution in [0.25, 0.3) is 0 Å². The van der Waals surface area contributed by atoms with E-state index in [0.717, 1.165) is 4.90 Å². The summed E-state index contributed by atoms with van der Waals surface area (Å²) in [5, 5.41) is 9.26. The molecule has 3 aromatic rings. The van der Waals surface area contributed by atoms with Gasteiger partial charge in [-0.05, 0) is 80.8 Å². The number of aryl methyl sites for hydroxylation is 1. The molecule has 1 fully saturated rings. The number of carbonyl (C=O) groups is 3. The highest BCUT2D eigenvalue weighted by Crippen LogP contribution is 2.32. The molecular weight excluding hydrogens is 533 g/mol. The van der Waals surface area contributed by atoms with Gasteiger partial charge in [0.05, 0.1) is 0 Å². The molecule has 0 aromatic heterocycles. The first-order valence-electron chi connectivity index (χ1n) is 13.0. The zero-order chi connectivity index (χ0) is 28.9. The van der Waals surface area contributed by atoms with Crippen molar-refractivity contribution in [3.05, 3.63) is 89.7 Å². The standard InChI is InChI=1S/C31H32FNO6S/c1-31(2,29(35)36)39-27-16-10-20(17-26(27)32)9-11-22-18-33(30(37)38-23-7-5-4-6-8-23)19-25(22)28(34)21-12-14-24(40-3)15-13-21/h4-8,10,12-17,22,25H,9,11,18-19H2,1-3H3,(H,35,36)/t22-,25-/m1/s1. The molecule has 0 bridgehead atoms. The molecule has 1 heterocycles. The first kappa shape index (κ1) is 29.1. The van der Waals surface area contributed by atoms with Crippen LogP contribution in [0.1, 0.15) is 36.2 Å². The van der Waals surface area contributed by atoms with Crippen LogP contribution in [0, 0.1) is 17.7 Å². The van der Waals surface area contributed by atoms with Gasteiger partial charge in [0, 0.05) is 29.5 Å². The van der Waals surface area contributed by atoms with Crippen LogP contribution in [0.2, 0.25) is 0 Å². The number of aliphatic carboxylic acids is 1. The molecule has 2 atom stereocenters. The Hall–Kier alpha value is -3.85. The fourth-order valence-electron chi connectivity index (χ4n) is 4.69. The van der Waals surface area contributed by atoms with Gasteiger partial charge in [-0.25, -0.2) is 14.0 Å². The smallest absolute Gasteiger partial charge is 0.415 e. The molecule has 210 valence electrons. The number of carboxylic acid groups (broad SMARTS) is 1. The SMILES string of the molecule is CSc1ccc(C(=O)[C@@H]2CN(C(=O)Oc3ccccc3)C[C@H]2CCc2ccc(OC(C)(C)C(=O)O)c(F)c2)cc1. The molecule has 1 aliphatic heterocycles. The maximum Gasteiger partial charge on any atom is 0.415 e. The summed E-state index contributed by atoms with van der Waals surface area (Å²) in [4.78, 5) is 40.5. The van der Waals surface area contributed by atoms with Crippen LogP contribution in [0.5, 0.6) is 11.5 Å². The largest absolute Gasteiger partial charge is 0.478 e. The summed E-state index contributed by atoms with van der Waals surface area (Å²) in [5.41, 5.74) is -0.315. The van der Waals surface area contributed by atoms with Crippen LogP contribution in [0.4, 0.5) is 9.18 Å². The van der Waals surface area contributed by atoms with Crippen LogP contribution in [-0.4, -0.2) is 52.8 Å². The number of ether oxygens (including phenoxy) is 2. The number of thioether (sulfide) groups is 1. The Labute approximate surface area is 237 Å². The van der Waals surface area contributed by atoms with E-state index in [1.165, 1.54) is 26.0 Å². The molecule has 0 radical (unpaired) electrons. The third-order valence-corrected chi connectivity index (χ3v) is 7.78. The molecule has 0 aliphatic carbocycles. The minimum Gasteiger partial charge on any atom is -0.478 e. The van der Waals surface area contributed by atoms with Crippen molar-refractivity contribution >= 4 is 29.6 Å². The third-order valence-electron chi connectivity index (χ3n) is 7.04. The van der Waals surface area contributed by atoms with Gasteiger partial charge in [0.15, 0.2) is 23.0 Å². The zero-order valence-corrected chi connectivity index (χ0v) is 23.4. The van der Waals surface area contributed by atoms with Gasteiger partial charge < -0.3 is 19.5 Å². The number of Topliss-reactive ketones (excluding diaryl/α,β-unsaturated/α-hetero) is 1. The summed E-state index contributed by atoms with van der Waals surface area (Å²) in [5.74, 6) is -2.23. The van der Waals surface area contributed by atoms with Gasteiger partial charge in [-0.3, -0.25) is 4.79 Å². The molecule has 0 spiro atoms. The minimum absolute atomic E-state index is 0.0431. The molecule has 0 saturated carbocycles. The summed E-state index contributed by atoms with van der Waals surface area (Å²) in [6.45, 7) is 3.26. The van der Waals surface area contributed by atoms with Crippen molar-refractivity contribution in [2.75, 3.05) is 19.3 Å². The van der Waals surface area contributed by atoms with Crippen LogP contribution in [0.15, 0.2) is 77.7 Å². The molecule has 1 aliphatic rings. The summed E-state index contributed by atoms with van der Waals surface area (Å²) in [7, 11) is 0. The summed E-state index contributed by atoms with van der Waals surface area (Å²) in [6.07, 6.45) is 2.45. The molecule has 40 heavy (non-hydrogen) atoms. The molecule has 1 N–H and O–H groups in total. The number of nitrogens with zero attached hydrogens (tertiary/aromatic N) is 1. The van der Waals surface area contributed by atoms with Crippen molar-refractivity contribution in [2.45, 2.75) is 37.2 Å². The highest BCUT2D eigenvalue weighted by atomic mass is 32.2. The van der Waals surface area contributed by atoms with Gasteiger partial charge >= 0.3 is 12.1 Å². The van der Waals surface area contributed by atoms with Crippen LogP contribution >= 0.6 is 11.8 Å². The van der Waals surface area contributed by atoms with Gasteiger partial charge in [-0.1, -0.05) is 36.4 Å². The van der Waals surface area contributed by atoms with Gasteiger partial charge in [-0.15, -0.1) is 11.8 Å². The second-order valence-electron chi connectivity index (χ2n) is 10.3. The predicted molar refractivity (Wildman–Crippen MR) is 151 cm³/mol. The number of para-hydroxylation sites is 1. The Morgan fingerprint density at radius 2 is 1.73 bits per heavy atom. The lowest BCUT2D eigenvalue weighted by Gasteiger charge is -2.22. The van der Waals surface area contributed by atoms with Gasteiger partial charge in [0.1, 0.15) is 5.75 Å². The Bertz CT molecular complexity index is 1360. The minimum atomic E-state index is -1.58. The zero-order valence-electron chi connectivity index (χ0n) is 22.6. The first-order chi connectivity index (χ1) is 19.1. The fraction of sp³-hybridized carbons (Fsp3) is 0.323. The summed E-state index contributed by atoms with van der Waals surface area (Å²) >= 11 is 1.59. The maximum atomic E-state index is 14.8. The molecule has 3 aromatic carbocycles. The average molecular weight is 566 g/mol. The number of hydrogen-bond donors (Lipinski definition) is 1. The lowest BCUT2D eigenvalue weighted by atomic mass is 9.85. The molecule has 9 heteroatoms. The van der Waals surface area contributed by atoms with Crippen LogP contribution < -0.4 is 9.47 Å². The predicted octanol–water partition coefficient (Wildman–Crippen LogP) is 6.35. The Morgan fingerprint density at radius 1 is 1.02 bits per heavy atom. The monoisotopic (exact) mass is 565 g/mol. The van der Waals surface area contributed by atoms with E-state index in [2.05, 4.69) is 0 Å². The van der Waals surface area contributed by atoms with E-state index < -0.39 is 29.4 Å². The molecule has 7 nitrogen and oxygen atoms in total. The second kappa shape index (κ2) is 12.6. The lowest BCUT2D eigenvalue weighted by molar-refractivity contribution is -0.152. The van der Waals surface area contributed by atoms with E-state index in [4.69, 9.17) is 9.47 Å². The van der Waals surface area contributed by atoms with Crippen LogP contribution in [-0.2, 0) is 11.2 Å². The van der Waals surface area contributed by atoms with Crippen molar-refractivity contribution in [3.8, 4) is 11.5 Å². The highest BCUT2D eigenvalue weighted by Gasteiger charge is 2.40. The second-order valence-corrected chi connectivity index (χ2v) is 11.1. The number of ketones is 1. The number of halogens is 1. The van der Waals surface area contributed by atoms with Gasteiger partial charge in [0.2, 0.25) is 0 Å². The number of benzene rings is 3. The molecule has 0 unspecified atom stereocenters. The molecule has 4 rings (SSSR count). The molecule has 1 saturated heterocycles. The fourth-order valence-corrected chi connectivity index (χ4v) is 5.09. The van der Waals surface area contributed by atoms with E-state index >= 15 is 0 Å². The van der Waals surface area contributed by atoms with Crippen molar-refractivity contribution < 1.29 is 33.4 Å². The summed E-state index contributed by atoms with van der Waals surface area (Å²) < 4.78 is 25.6. The normalized spacial score (nSPS) is 16.9. The number of amides is 1. The Morgan fingerprint density at radius 3 is 2.35 bits per heavy atom. The quantitative estimate of drug-likeness (QED) is 0.226. The van der Waals surface area contributed by atoms with E-state index in [0.29, 0.717) is 36.3 Å². The van der Waals surface area contributed by atoms with Gasteiger partial charge in [0.25, 0.3) is 0 Å². The maximum absolute atomic E-state index is 14.8. The van der Waals surface area contributed by atoms with E-state index in [1.807, 2.05) is 36.6 Å². The number of hydrogen-bond acceptors (Lipinski definition) is 6. The van der Waals surface area contributed by atoms with E-state index in [9.17, 15) is 23.9 Å². The highest BCUT2D eigenvalue weighted by molar-refractivity contribution is 7.98. The molecule has 1 amide bonds. The number of carboxylic acids is 1. The summed E-state index contributed by atoms with van der Waals surface area (Å²) in [6, 6.07) is 20.6. The van der Waals surface area contributed by atoms with Crippen molar-refractivity contribution in [1.29, 1.82) is 0 Å². The van der Waals surface area contributed by atoms with Crippen molar-refractivity contribution in [1.82, 2.24) is 4.90 Å². The van der Waals surface area contributed by atoms with Crippen molar-refractivity contribution in [2.24, 2.45) is 11.8 Å². The topological polar surface area (TPSA) is 93.1 Å². The Balaban J connectivity index is 1.49. The molecular formula is C31H32FNO6S. The third kappa shape index (κ3) is 7.01. The van der Waals surface area contributed by atoms with E-state index in [1.54, 1.807) is 47.0 Å². The average Bonchev–Trinajstić information content (AvgIpc) is 3.38. The van der Waals surface area contributed by atoms with Crippen LogP contribution in [0.3, 0.4) is 0 Å². The number of likely N-dealkylation sites (tertiary alicyclic amines) is 1. The first-order valence-corrected chi connectivity index (χ1v) is 14.2. The van der Waals surface area contributed by atoms with Gasteiger partial charge in [-0.2, -0.15) is 0 Å². The van der Waals surface area contributed by atoms with E-state index in [-0.39, 0.29) is 24.0 Å². The number of carbonyl (C=O) groups excluding carboxylic acids is 2. The number of rotatable bonds is 10. The Kier molecular flexibility index (Phi) is 9.14. The lowest BCUT2D eigenvalue weighted by Crippen LogP contribution is -2.38. The van der Waals surface area contributed by atoms with Crippen molar-refractivity contribution in [3.63, 3.8) is 0 Å².